The van der Waals surface area contributed by atoms with Gasteiger partial charge in [0.05, 0.1) is 0 Å². The highest BCUT2D eigenvalue weighted by Crippen LogP contribution is 2.23. The summed E-state index contributed by atoms with van der Waals surface area (Å²) in [4.78, 5) is 36.9. The molecule has 32 heavy (non-hydrogen) atoms. The summed E-state index contributed by atoms with van der Waals surface area (Å²) in [7, 11) is 1.53. The Hall–Kier alpha value is -3.13. The summed E-state index contributed by atoms with van der Waals surface area (Å²) in [5.74, 6) is -0.215. The molecule has 2 unspecified atom stereocenters. The maximum atomic E-state index is 12.6. The van der Waals surface area contributed by atoms with Crippen LogP contribution in [0.3, 0.4) is 0 Å². The highest BCUT2D eigenvalue weighted by atomic mass is 16.5. The molecule has 2 aromatic rings. The van der Waals surface area contributed by atoms with Crippen molar-refractivity contribution in [3.63, 3.8) is 0 Å². The first-order chi connectivity index (χ1) is 15.4. The van der Waals surface area contributed by atoms with E-state index in [-0.39, 0.29) is 29.6 Å². The van der Waals surface area contributed by atoms with Gasteiger partial charge < -0.3 is 25.1 Å². The Morgan fingerprint density at radius 3 is 2.62 bits per heavy atom. The lowest BCUT2D eigenvalue weighted by molar-refractivity contribution is -0.135. The van der Waals surface area contributed by atoms with Gasteiger partial charge in [0.15, 0.2) is 5.76 Å². The highest BCUT2D eigenvalue weighted by Gasteiger charge is 2.25. The SMILES string of the molecule is CNC(=O)C(NC(=O)c1ccc(-c2cccc(CNC(=O)C3CCCCO3)c2)o1)C(C)C. The van der Waals surface area contributed by atoms with Crippen molar-refractivity contribution in [2.45, 2.75) is 51.8 Å². The second-order valence-corrected chi connectivity index (χ2v) is 8.25. The van der Waals surface area contributed by atoms with Gasteiger partial charge in [0.2, 0.25) is 11.8 Å². The second kappa shape index (κ2) is 10.9. The number of hydrogen-bond acceptors (Lipinski definition) is 5. The van der Waals surface area contributed by atoms with E-state index in [0.29, 0.717) is 18.9 Å². The van der Waals surface area contributed by atoms with Gasteiger partial charge in [-0.2, -0.15) is 0 Å². The zero-order valence-corrected chi connectivity index (χ0v) is 18.8. The number of likely N-dealkylation sites (N-methyl/N-ethyl adjacent to an activating group) is 1. The van der Waals surface area contributed by atoms with E-state index in [9.17, 15) is 14.4 Å². The summed E-state index contributed by atoms with van der Waals surface area (Å²) in [5, 5.41) is 8.20. The average molecular weight is 442 g/mol. The van der Waals surface area contributed by atoms with Crippen molar-refractivity contribution in [2.24, 2.45) is 5.92 Å². The molecule has 1 aliphatic heterocycles. The molecule has 0 spiro atoms. The fourth-order valence-electron chi connectivity index (χ4n) is 3.60. The van der Waals surface area contributed by atoms with E-state index in [2.05, 4.69) is 16.0 Å². The third-order valence-electron chi connectivity index (χ3n) is 5.46. The molecule has 8 heteroatoms. The largest absolute Gasteiger partial charge is 0.451 e. The quantitative estimate of drug-likeness (QED) is 0.583. The predicted molar refractivity (Wildman–Crippen MR) is 120 cm³/mol. The first-order valence-corrected chi connectivity index (χ1v) is 11.0. The average Bonchev–Trinajstić information content (AvgIpc) is 3.31. The van der Waals surface area contributed by atoms with Gasteiger partial charge in [0.25, 0.3) is 5.91 Å². The van der Waals surface area contributed by atoms with Gasteiger partial charge in [-0.25, -0.2) is 0 Å². The minimum atomic E-state index is -0.652. The summed E-state index contributed by atoms with van der Waals surface area (Å²) < 4.78 is 11.3. The molecule has 2 heterocycles. The molecule has 0 aliphatic carbocycles. The van der Waals surface area contributed by atoms with Crippen molar-refractivity contribution in [1.29, 1.82) is 0 Å². The lowest BCUT2D eigenvalue weighted by Gasteiger charge is -2.21. The Labute approximate surface area is 188 Å². The van der Waals surface area contributed by atoms with E-state index in [0.717, 1.165) is 30.4 Å². The Morgan fingerprint density at radius 2 is 1.94 bits per heavy atom. The van der Waals surface area contributed by atoms with E-state index in [1.165, 1.54) is 7.05 Å². The van der Waals surface area contributed by atoms with E-state index in [1.807, 2.05) is 38.1 Å². The molecule has 2 atom stereocenters. The molecule has 0 saturated carbocycles. The van der Waals surface area contributed by atoms with Crippen LogP contribution in [0.15, 0.2) is 40.8 Å². The number of nitrogens with one attached hydrogen (secondary N) is 3. The van der Waals surface area contributed by atoms with Crippen LogP contribution in [0.25, 0.3) is 11.3 Å². The summed E-state index contributed by atoms with van der Waals surface area (Å²) in [6, 6.07) is 10.2. The Bertz CT molecular complexity index is 947. The van der Waals surface area contributed by atoms with Gasteiger partial charge in [-0.3, -0.25) is 14.4 Å². The van der Waals surface area contributed by atoms with Crippen molar-refractivity contribution in [3.05, 3.63) is 47.7 Å². The van der Waals surface area contributed by atoms with Crippen LogP contribution in [-0.4, -0.2) is 43.5 Å². The second-order valence-electron chi connectivity index (χ2n) is 8.25. The van der Waals surface area contributed by atoms with Crippen molar-refractivity contribution in [1.82, 2.24) is 16.0 Å². The molecule has 3 N–H and O–H groups in total. The van der Waals surface area contributed by atoms with Crippen LogP contribution >= 0.6 is 0 Å². The fraction of sp³-hybridized carbons (Fsp3) is 0.458. The Kier molecular flexibility index (Phi) is 8.05. The number of amides is 3. The van der Waals surface area contributed by atoms with E-state index < -0.39 is 11.9 Å². The molecular formula is C24H31N3O5. The number of benzene rings is 1. The number of carbonyl (C=O) groups excluding carboxylic acids is 3. The molecule has 1 aliphatic rings. The van der Waals surface area contributed by atoms with Crippen molar-refractivity contribution >= 4 is 17.7 Å². The molecule has 1 fully saturated rings. The molecule has 1 aromatic heterocycles. The molecule has 1 saturated heterocycles. The zero-order valence-electron chi connectivity index (χ0n) is 18.8. The normalized spacial score (nSPS) is 16.9. The predicted octanol–water partition coefficient (Wildman–Crippen LogP) is 2.63. The van der Waals surface area contributed by atoms with Gasteiger partial charge >= 0.3 is 0 Å². The third-order valence-corrected chi connectivity index (χ3v) is 5.46. The first kappa shape index (κ1) is 23.5. The topological polar surface area (TPSA) is 110 Å². The minimum absolute atomic E-state index is 0.0702. The van der Waals surface area contributed by atoms with Gasteiger partial charge in [-0.1, -0.05) is 32.0 Å². The molecular weight excluding hydrogens is 410 g/mol. The maximum absolute atomic E-state index is 12.6. The maximum Gasteiger partial charge on any atom is 0.287 e. The summed E-state index contributed by atoms with van der Waals surface area (Å²) >= 11 is 0. The van der Waals surface area contributed by atoms with Crippen molar-refractivity contribution in [3.8, 4) is 11.3 Å². The summed E-state index contributed by atoms with van der Waals surface area (Å²) in [5.41, 5.74) is 1.70. The van der Waals surface area contributed by atoms with Crippen LogP contribution in [0, 0.1) is 5.92 Å². The van der Waals surface area contributed by atoms with Crippen LogP contribution < -0.4 is 16.0 Å². The van der Waals surface area contributed by atoms with E-state index in [1.54, 1.807) is 12.1 Å². The number of hydrogen-bond donors (Lipinski definition) is 3. The molecule has 3 rings (SSSR count). The standard InChI is InChI=1S/C24H31N3O5/c1-15(2)21(24(30)25-3)27-23(29)20-11-10-18(32-20)17-8-6-7-16(13-17)14-26-22(28)19-9-4-5-12-31-19/h6-8,10-11,13,15,19,21H,4-5,9,12,14H2,1-3H3,(H,25,30)(H,26,28)(H,27,29). The molecule has 1 aromatic carbocycles. The Morgan fingerprint density at radius 1 is 1.12 bits per heavy atom. The number of ether oxygens (including phenoxy) is 1. The van der Waals surface area contributed by atoms with Crippen LogP contribution in [0.4, 0.5) is 0 Å². The molecule has 172 valence electrons. The minimum Gasteiger partial charge on any atom is -0.451 e. The van der Waals surface area contributed by atoms with Gasteiger partial charge in [-0.05, 0) is 48.9 Å². The van der Waals surface area contributed by atoms with Gasteiger partial charge in [-0.15, -0.1) is 0 Å². The zero-order chi connectivity index (χ0) is 23.1. The monoisotopic (exact) mass is 441 g/mol. The Balaban J connectivity index is 1.63. The van der Waals surface area contributed by atoms with Crippen molar-refractivity contribution in [2.75, 3.05) is 13.7 Å². The molecule has 0 bridgehead atoms. The first-order valence-electron chi connectivity index (χ1n) is 11.0. The lowest BCUT2D eigenvalue weighted by Crippen LogP contribution is -2.48. The number of rotatable bonds is 8. The van der Waals surface area contributed by atoms with Gasteiger partial charge in [0.1, 0.15) is 17.9 Å². The van der Waals surface area contributed by atoms with Crippen LogP contribution in [0.2, 0.25) is 0 Å². The van der Waals surface area contributed by atoms with E-state index in [4.69, 9.17) is 9.15 Å². The van der Waals surface area contributed by atoms with Gasteiger partial charge in [0, 0.05) is 25.8 Å². The summed E-state index contributed by atoms with van der Waals surface area (Å²) in [6.45, 7) is 4.72. The van der Waals surface area contributed by atoms with E-state index >= 15 is 0 Å². The number of carbonyl (C=O) groups is 3. The van der Waals surface area contributed by atoms with Crippen molar-refractivity contribution < 1.29 is 23.5 Å². The summed E-state index contributed by atoms with van der Waals surface area (Å²) in [6.07, 6.45) is 2.38. The fourth-order valence-corrected chi connectivity index (χ4v) is 3.60. The number of furan rings is 1. The molecule has 8 nitrogen and oxygen atoms in total. The molecule has 3 amide bonds. The third kappa shape index (κ3) is 5.97. The highest BCUT2D eigenvalue weighted by molar-refractivity contribution is 5.96. The molecule has 0 radical (unpaired) electrons. The van der Waals surface area contributed by atoms with Crippen LogP contribution in [0.5, 0.6) is 0 Å². The van der Waals surface area contributed by atoms with Crippen LogP contribution in [-0.2, 0) is 20.9 Å². The lowest BCUT2D eigenvalue weighted by atomic mass is 10.0. The smallest absolute Gasteiger partial charge is 0.287 e. The van der Waals surface area contributed by atoms with Crippen LogP contribution in [0.1, 0.15) is 49.2 Å².